The predicted octanol–water partition coefficient (Wildman–Crippen LogP) is 1.70. The third-order valence-corrected chi connectivity index (χ3v) is 3.12. The zero-order valence-electron chi connectivity index (χ0n) is 13.3. The van der Waals surface area contributed by atoms with Gasteiger partial charge in [0.15, 0.2) is 5.69 Å². The Morgan fingerprint density at radius 1 is 1.38 bits per heavy atom. The summed E-state index contributed by atoms with van der Waals surface area (Å²) in [6.45, 7) is 1.88. The lowest BCUT2D eigenvalue weighted by atomic mass is 10.1. The molecule has 2 aromatic rings. The molecule has 1 N–H and O–H groups in total. The minimum Gasteiger partial charge on any atom is -0.461 e. The molecule has 122 valence electrons. The molecule has 0 aliphatic carbocycles. The second kappa shape index (κ2) is 7.74. The number of ether oxygens (including phenoxy) is 1. The van der Waals surface area contributed by atoms with Crippen LogP contribution in [-0.2, 0) is 9.53 Å². The lowest BCUT2D eigenvalue weighted by Crippen LogP contribution is -2.19. The SMILES string of the molecule is CCOC(=O)c1nn(-c2ccccc2)cc1C=C(C#N)C(=O)NC. The van der Waals surface area contributed by atoms with E-state index in [4.69, 9.17) is 10.00 Å². The van der Waals surface area contributed by atoms with Crippen molar-refractivity contribution in [3.8, 4) is 11.8 Å². The topological polar surface area (TPSA) is 97.0 Å². The molecule has 0 bridgehead atoms. The first kappa shape index (κ1) is 17.0. The van der Waals surface area contributed by atoms with E-state index in [2.05, 4.69) is 10.4 Å². The Bertz CT molecular complexity index is 816. The fourth-order valence-corrected chi connectivity index (χ4v) is 2.00. The Balaban J connectivity index is 2.54. The van der Waals surface area contributed by atoms with Gasteiger partial charge in [-0.3, -0.25) is 4.79 Å². The van der Waals surface area contributed by atoms with Crippen LogP contribution in [0.3, 0.4) is 0 Å². The van der Waals surface area contributed by atoms with Crippen LogP contribution >= 0.6 is 0 Å². The third-order valence-electron chi connectivity index (χ3n) is 3.12. The highest BCUT2D eigenvalue weighted by molar-refractivity contribution is 6.03. The highest BCUT2D eigenvalue weighted by atomic mass is 16.5. The Kier molecular flexibility index (Phi) is 5.47. The van der Waals surface area contributed by atoms with Gasteiger partial charge in [0.05, 0.1) is 12.3 Å². The molecular weight excluding hydrogens is 308 g/mol. The normalized spacial score (nSPS) is 10.8. The largest absolute Gasteiger partial charge is 0.461 e. The maximum Gasteiger partial charge on any atom is 0.359 e. The first-order valence-electron chi connectivity index (χ1n) is 7.26. The van der Waals surface area contributed by atoms with Gasteiger partial charge < -0.3 is 10.1 Å². The van der Waals surface area contributed by atoms with Gasteiger partial charge in [-0.2, -0.15) is 10.4 Å². The smallest absolute Gasteiger partial charge is 0.359 e. The summed E-state index contributed by atoms with van der Waals surface area (Å²) < 4.78 is 6.49. The van der Waals surface area contributed by atoms with E-state index in [1.165, 1.54) is 17.8 Å². The number of hydrogen-bond acceptors (Lipinski definition) is 5. The molecule has 0 aliphatic heterocycles. The Morgan fingerprint density at radius 2 is 2.08 bits per heavy atom. The number of nitriles is 1. The standard InChI is InChI=1S/C17H16N4O3/c1-3-24-17(23)15-13(9-12(10-18)16(22)19-2)11-21(20-15)14-7-5-4-6-8-14/h4-9,11H,3H2,1-2H3,(H,19,22). The number of hydrogen-bond donors (Lipinski definition) is 1. The van der Waals surface area contributed by atoms with E-state index in [9.17, 15) is 9.59 Å². The van der Waals surface area contributed by atoms with Crippen LogP contribution in [0.1, 0.15) is 23.0 Å². The second-order valence-electron chi connectivity index (χ2n) is 4.68. The number of likely N-dealkylation sites (N-methyl/N-ethyl adjacent to an activating group) is 1. The van der Waals surface area contributed by atoms with Gasteiger partial charge in [-0.15, -0.1) is 0 Å². The monoisotopic (exact) mass is 324 g/mol. The number of nitrogens with zero attached hydrogens (tertiary/aromatic N) is 3. The maximum absolute atomic E-state index is 12.1. The van der Waals surface area contributed by atoms with Crippen LogP contribution < -0.4 is 5.32 Å². The average molecular weight is 324 g/mol. The number of para-hydroxylation sites is 1. The van der Waals surface area contributed by atoms with E-state index in [-0.39, 0.29) is 17.9 Å². The summed E-state index contributed by atoms with van der Waals surface area (Å²) >= 11 is 0. The molecule has 24 heavy (non-hydrogen) atoms. The maximum atomic E-state index is 12.1. The minimum atomic E-state index is -0.618. The van der Waals surface area contributed by atoms with Crippen molar-refractivity contribution in [1.29, 1.82) is 5.26 Å². The van der Waals surface area contributed by atoms with Crippen molar-refractivity contribution in [3.05, 3.63) is 53.4 Å². The van der Waals surface area contributed by atoms with Crippen LogP contribution in [0, 0.1) is 11.3 Å². The van der Waals surface area contributed by atoms with Crippen molar-refractivity contribution in [1.82, 2.24) is 15.1 Å². The molecule has 1 heterocycles. The molecule has 0 saturated heterocycles. The van der Waals surface area contributed by atoms with E-state index in [0.29, 0.717) is 5.56 Å². The number of carbonyl (C=O) groups is 2. The molecule has 7 nitrogen and oxygen atoms in total. The van der Waals surface area contributed by atoms with Crippen molar-refractivity contribution in [3.63, 3.8) is 0 Å². The number of amides is 1. The van der Waals surface area contributed by atoms with E-state index in [0.717, 1.165) is 5.69 Å². The van der Waals surface area contributed by atoms with E-state index >= 15 is 0 Å². The predicted molar refractivity (Wildman–Crippen MR) is 87.2 cm³/mol. The molecule has 0 fully saturated rings. The van der Waals surface area contributed by atoms with E-state index in [1.807, 2.05) is 36.4 Å². The first-order chi connectivity index (χ1) is 11.6. The zero-order chi connectivity index (χ0) is 17.5. The summed E-state index contributed by atoms with van der Waals surface area (Å²) in [6.07, 6.45) is 2.89. The number of benzene rings is 1. The minimum absolute atomic E-state index is 0.0392. The molecule has 1 amide bonds. The number of esters is 1. The van der Waals surface area contributed by atoms with Gasteiger partial charge in [-0.1, -0.05) is 18.2 Å². The molecule has 1 aromatic carbocycles. The Morgan fingerprint density at radius 3 is 2.67 bits per heavy atom. The highest BCUT2D eigenvalue weighted by Gasteiger charge is 2.19. The lowest BCUT2D eigenvalue weighted by Gasteiger charge is -2.00. The summed E-state index contributed by atoms with van der Waals surface area (Å²) in [5.41, 5.74) is 0.978. The molecular formula is C17H16N4O3. The van der Waals surface area contributed by atoms with E-state index in [1.54, 1.807) is 13.1 Å². The van der Waals surface area contributed by atoms with Crippen LogP contribution in [0.25, 0.3) is 11.8 Å². The van der Waals surface area contributed by atoms with Crippen LogP contribution in [0.15, 0.2) is 42.1 Å². The van der Waals surface area contributed by atoms with Gasteiger partial charge in [0.1, 0.15) is 11.6 Å². The van der Waals surface area contributed by atoms with Crippen molar-refractivity contribution in [2.75, 3.05) is 13.7 Å². The molecule has 0 aliphatic rings. The fourth-order valence-electron chi connectivity index (χ4n) is 2.00. The quantitative estimate of drug-likeness (QED) is 0.513. The van der Waals surface area contributed by atoms with Crippen molar-refractivity contribution in [2.45, 2.75) is 6.92 Å². The van der Waals surface area contributed by atoms with Crippen LogP contribution in [0.2, 0.25) is 0 Å². The van der Waals surface area contributed by atoms with Crippen LogP contribution in [0.5, 0.6) is 0 Å². The molecule has 0 spiro atoms. The summed E-state index contributed by atoms with van der Waals surface area (Å²) in [4.78, 5) is 23.8. The molecule has 7 heteroatoms. The van der Waals surface area contributed by atoms with Gasteiger partial charge in [-0.05, 0) is 25.1 Å². The molecule has 0 saturated carbocycles. The average Bonchev–Trinajstić information content (AvgIpc) is 3.04. The van der Waals surface area contributed by atoms with Crippen molar-refractivity contribution >= 4 is 18.0 Å². The van der Waals surface area contributed by atoms with Crippen molar-refractivity contribution in [2.24, 2.45) is 0 Å². The van der Waals surface area contributed by atoms with Gasteiger partial charge in [0, 0.05) is 18.8 Å². The number of carbonyl (C=O) groups excluding carboxylic acids is 2. The molecule has 0 radical (unpaired) electrons. The molecule has 0 unspecified atom stereocenters. The van der Waals surface area contributed by atoms with Gasteiger partial charge >= 0.3 is 5.97 Å². The second-order valence-corrected chi connectivity index (χ2v) is 4.68. The van der Waals surface area contributed by atoms with Gasteiger partial charge in [-0.25, -0.2) is 9.48 Å². The van der Waals surface area contributed by atoms with E-state index < -0.39 is 11.9 Å². The third kappa shape index (κ3) is 3.67. The zero-order valence-corrected chi connectivity index (χ0v) is 13.3. The van der Waals surface area contributed by atoms with Gasteiger partial charge in [0.2, 0.25) is 0 Å². The Hall–Kier alpha value is -3.40. The number of aromatic nitrogens is 2. The molecule has 1 aromatic heterocycles. The number of nitrogens with one attached hydrogen (secondary N) is 1. The summed E-state index contributed by atoms with van der Waals surface area (Å²) in [5.74, 6) is -1.16. The van der Waals surface area contributed by atoms with Crippen LogP contribution in [-0.4, -0.2) is 35.3 Å². The molecule has 2 rings (SSSR count). The van der Waals surface area contributed by atoms with Gasteiger partial charge in [0.25, 0.3) is 5.91 Å². The lowest BCUT2D eigenvalue weighted by molar-refractivity contribution is -0.116. The number of rotatable bonds is 5. The summed E-state index contributed by atoms with van der Waals surface area (Å²) in [5, 5.41) is 15.7. The fraction of sp³-hybridized carbons (Fsp3) is 0.176. The Labute approximate surface area is 139 Å². The summed E-state index contributed by atoms with van der Waals surface area (Å²) in [6, 6.07) is 11.0. The summed E-state index contributed by atoms with van der Waals surface area (Å²) in [7, 11) is 1.42. The first-order valence-corrected chi connectivity index (χ1v) is 7.26. The highest BCUT2D eigenvalue weighted by Crippen LogP contribution is 2.17. The molecule has 0 atom stereocenters. The van der Waals surface area contributed by atoms with Crippen LogP contribution in [0.4, 0.5) is 0 Å². The van der Waals surface area contributed by atoms with Crippen molar-refractivity contribution < 1.29 is 14.3 Å².